The summed E-state index contributed by atoms with van der Waals surface area (Å²) in [5.41, 5.74) is 2.06. The fourth-order valence-corrected chi connectivity index (χ4v) is 4.26. The molecule has 0 saturated heterocycles. The molecule has 0 spiro atoms. The van der Waals surface area contributed by atoms with Crippen molar-refractivity contribution in [2.75, 3.05) is 4.90 Å². The number of anilines is 1. The predicted molar refractivity (Wildman–Crippen MR) is 123 cm³/mol. The Hall–Kier alpha value is -2.63. The number of hydrogen-bond donors (Lipinski definition) is 1. The molecule has 1 aromatic heterocycles. The number of nitrogens with one attached hydrogen (secondary N) is 1. The van der Waals surface area contributed by atoms with Gasteiger partial charge in [0.25, 0.3) is 0 Å². The number of carbonyl (C=O) groups excluding carboxylic acids is 1. The maximum absolute atomic E-state index is 13.1. The van der Waals surface area contributed by atoms with E-state index in [1.54, 1.807) is 4.90 Å². The van der Waals surface area contributed by atoms with Gasteiger partial charge in [-0.15, -0.1) is 11.3 Å². The SMILES string of the molecule is CC(CC1CC1)NCc1ccccc1OC(=O)N(Cc1ccccc1)c1cccs1. The summed E-state index contributed by atoms with van der Waals surface area (Å²) in [4.78, 5) is 14.8. The van der Waals surface area contributed by atoms with Crippen LogP contribution >= 0.6 is 11.3 Å². The van der Waals surface area contributed by atoms with Crippen molar-refractivity contribution in [2.45, 2.75) is 45.3 Å². The van der Waals surface area contributed by atoms with Crippen LogP contribution in [0, 0.1) is 5.92 Å². The van der Waals surface area contributed by atoms with Gasteiger partial charge < -0.3 is 10.1 Å². The molecule has 2 aromatic carbocycles. The van der Waals surface area contributed by atoms with Crippen LogP contribution in [0.3, 0.4) is 0 Å². The summed E-state index contributed by atoms with van der Waals surface area (Å²) in [6.07, 6.45) is 3.57. The van der Waals surface area contributed by atoms with Crippen molar-refractivity contribution in [3.63, 3.8) is 0 Å². The Morgan fingerprint density at radius 1 is 1.10 bits per heavy atom. The minimum atomic E-state index is -0.361. The van der Waals surface area contributed by atoms with E-state index in [2.05, 4.69) is 12.2 Å². The van der Waals surface area contributed by atoms with E-state index in [1.807, 2.05) is 72.1 Å². The maximum Gasteiger partial charge on any atom is 0.420 e. The Morgan fingerprint density at radius 3 is 2.60 bits per heavy atom. The van der Waals surface area contributed by atoms with Gasteiger partial charge in [-0.05, 0) is 48.4 Å². The minimum absolute atomic E-state index is 0.361. The summed E-state index contributed by atoms with van der Waals surface area (Å²) < 4.78 is 5.88. The number of ether oxygens (including phenoxy) is 1. The fourth-order valence-electron chi connectivity index (χ4n) is 3.54. The number of hydrogen-bond acceptors (Lipinski definition) is 4. The molecule has 1 aliphatic carbocycles. The first-order valence-electron chi connectivity index (χ1n) is 10.6. The third-order valence-corrected chi connectivity index (χ3v) is 6.26. The summed E-state index contributed by atoms with van der Waals surface area (Å²) in [5, 5.41) is 6.42. The molecular formula is C25H28N2O2S. The Bertz CT molecular complexity index is 939. The van der Waals surface area contributed by atoms with Gasteiger partial charge in [-0.2, -0.15) is 0 Å². The van der Waals surface area contributed by atoms with Gasteiger partial charge in [0.05, 0.1) is 6.54 Å². The molecule has 4 rings (SSSR count). The lowest BCUT2D eigenvalue weighted by atomic mass is 10.1. The molecule has 1 amide bonds. The lowest BCUT2D eigenvalue weighted by Gasteiger charge is -2.22. The van der Waals surface area contributed by atoms with Crippen molar-refractivity contribution in [1.29, 1.82) is 0 Å². The van der Waals surface area contributed by atoms with Crippen molar-refractivity contribution in [3.8, 4) is 5.75 Å². The van der Waals surface area contributed by atoms with Crippen LogP contribution in [-0.4, -0.2) is 12.1 Å². The lowest BCUT2D eigenvalue weighted by Crippen LogP contribution is -2.33. The average molecular weight is 421 g/mol. The molecule has 30 heavy (non-hydrogen) atoms. The number of rotatable bonds is 9. The predicted octanol–water partition coefficient (Wildman–Crippen LogP) is 6.23. The second-order valence-corrected chi connectivity index (χ2v) is 8.89. The lowest BCUT2D eigenvalue weighted by molar-refractivity contribution is 0.207. The molecule has 1 unspecified atom stereocenters. The third kappa shape index (κ3) is 5.71. The maximum atomic E-state index is 13.1. The van der Waals surface area contributed by atoms with Gasteiger partial charge in [-0.3, -0.25) is 4.90 Å². The zero-order valence-corrected chi connectivity index (χ0v) is 18.1. The molecule has 0 radical (unpaired) electrons. The molecule has 1 fully saturated rings. The number of nitrogens with zero attached hydrogens (tertiary/aromatic N) is 1. The second kappa shape index (κ2) is 9.92. The van der Waals surface area contributed by atoms with E-state index in [9.17, 15) is 4.79 Å². The van der Waals surface area contributed by atoms with Crippen LogP contribution in [0.1, 0.15) is 37.3 Å². The van der Waals surface area contributed by atoms with E-state index in [4.69, 9.17) is 4.74 Å². The molecule has 1 saturated carbocycles. The van der Waals surface area contributed by atoms with Gasteiger partial charge in [-0.25, -0.2) is 4.79 Å². The highest BCUT2D eigenvalue weighted by Gasteiger charge is 2.24. The molecule has 0 bridgehead atoms. The first-order valence-corrected chi connectivity index (χ1v) is 11.4. The zero-order valence-electron chi connectivity index (χ0n) is 17.3. The van der Waals surface area contributed by atoms with Crippen LogP contribution in [0.15, 0.2) is 72.1 Å². The Kier molecular flexibility index (Phi) is 6.82. The van der Waals surface area contributed by atoms with E-state index < -0.39 is 0 Å². The number of carbonyl (C=O) groups is 1. The molecule has 1 heterocycles. The van der Waals surface area contributed by atoms with Crippen molar-refractivity contribution >= 4 is 22.4 Å². The minimum Gasteiger partial charge on any atom is -0.410 e. The van der Waals surface area contributed by atoms with E-state index in [-0.39, 0.29) is 6.09 Å². The quantitative estimate of drug-likeness (QED) is 0.446. The monoisotopic (exact) mass is 420 g/mol. The van der Waals surface area contributed by atoms with Crippen LogP contribution in [-0.2, 0) is 13.1 Å². The summed E-state index contributed by atoms with van der Waals surface area (Å²) in [5.74, 6) is 1.50. The van der Waals surface area contributed by atoms with Gasteiger partial charge in [0.15, 0.2) is 0 Å². The average Bonchev–Trinajstić information content (AvgIpc) is 3.41. The summed E-state index contributed by atoms with van der Waals surface area (Å²) in [7, 11) is 0. The van der Waals surface area contributed by atoms with Crippen molar-refractivity contribution in [1.82, 2.24) is 5.32 Å². The number of benzene rings is 2. The summed E-state index contributed by atoms with van der Waals surface area (Å²) in [6, 6.07) is 22.1. The van der Waals surface area contributed by atoms with Gasteiger partial charge in [-0.1, -0.05) is 61.4 Å². The van der Waals surface area contributed by atoms with Gasteiger partial charge >= 0.3 is 6.09 Å². The van der Waals surface area contributed by atoms with E-state index in [0.717, 1.165) is 22.0 Å². The van der Waals surface area contributed by atoms with E-state index >= 15 is 0 Å². The second-order valence-electron chi connectivity index (χ2n) is 7.96. The Morgan fingerprint density at radius 2 is 1.87 bits per heavy atom. The van der Waals surface area contributed by atoms with Gasteiger partial charge in [0.2, 0.25) is 0 Å². The standard InChI is InChI=1S/C25H28N2O2S/c1-19(16-20-13-14-20)26-17-22-10-5-6-11-23(22)29-25(28)27(24-12-7-15-30-24)18-21-8-3-2-4-9-21/h2-12,15,19-20,26H,13-14,16-18H2,1H3. The van der Waals surface area contributed by atoms with Crippen LogP contribution in [0.2, 0.25) is 0 Å². The van der Waals surface area contributed by atoms with Crippen molar-refractivity contribution in [2.24, 2.45) is 5.92 Å². The van der Waals surface area contributed by atoms with E-state index in [0.29, 0.717) is 24.9 Å². The third-order valence-electron chi connectivity index (χ3n) is 5.37. The number of para-hydroxylation sites is 1. The number of thiophene rings is 1. The highest BCUT2D eigenvalue weighted by molar-refractivity contribution is 7.14. The van der Waals surface area contributed by atoms with Crippen LogP contribution < -0.4 is 15.0 Å². The van der Waals surface area contributed by atoms with Crippen molar-refractivity contribution in [3.05, 3.63) is 83.2 Å². The molecule has 4 nitrogen and oxygen atoms in total. The Balaban J connectivity index is 1.45. The van der Waals surface area contributed by atoms with E-state index in [1.165, 1.54) is 30.6 Å². The van der Waals surface area contributed by atoms with Crippen molar-refractivity contribution < 1.29 is 9.53 Å². The van der Waals surface area contributed by atoms with Gasteiger partial charge in [0.1, 0.15) is 10.8 Å². The Labute approximate surface area is 182 Å². The normalized spacial score (nSPS) is 14.3. The molecule has 5 heteroatoms. The topological polar surface area (TPSA) is 41.6 Å². The first-order chi connectivity index (χ1) is 14.7. The molecule has 1 aliphatic rings. The fraction of sp³-hybridized carbons (Fsp3) is 0.320. The number of amides is 1. The molecule has 3 aromatic rings. The largest absolute Gasteiger partial charge is 0.420 e. The van der Waals surface area contributed by atoms with Crippen LogP contribution in [0.4, 0.5) is 9.80 Å². The molecule has 1 N–H and O–H groups in total. The molecular weight excluding hydrogens is 392 g/mol. The van der Waals surface area contributed by atoms with Crippen LogP contribution in [0.5, 0.6) is 5.75 Å². The zero-order chi connectivity index (χ0) is 20.8. The summed E-state index contributed by atoms with van der Waals surface area (Å²) in [6.45, 7) is 3.39. The molecule has 0 aliphatic heterocycles. The van der Waals surface area contributed by atoms with Crippen LogP contribution in [0.25, 0.3) is 0 Å². The molecule has 156 valence electrons. The molecule has 1 atom stereocenters. The first kappa shape index (κ1) is 20.6. The smallest absolute Gasteiger partial charge is 0.410 e. The van der Waals surface area contributed by atoms with Gasteiger partial charge in [0, 0.05) is 18.2 Å². The highest BCUT2D eigenvalue weighted by atomic mass is 32.1. The highest BCUT2D eigenvalue weighted by Crippen LogP contribution is 2.33. The summed E-state index contributed by atoms with van der Waals surface area (Å²) >= 11 is 1.53.